The van der Waals surface area contributed by atoms with Crippen molar-refractivity contribution in [2.24, 2.45) is 0 Å². The average Bonchev–Trinajstić information content (AvgIpc) is 2.91. The third-order valence-electron chi connectivity index (χ3n) is 3.12. The summed E-state index contributed by atoms with van der Waals surface area (Å²) >= 11 is 0. The predicted octanol–water partition coefficient (Wildman–Crippen LogP) is 2.67. The maximum absolute atomic E-state index is 11.7. The van der Waals surface area contributed by atoms with Crippen LogP contribution in [0.2, 0.25) is 0 Å². The van der Waals surface area contributed by atoms with Crippen LogP contribution in [0.25, 0.3) is 16.6 Å². The average molecular weight is 270 g/mol. The van der Waals surface area contributed by atoms with Crippen LogP contribution < -0.4 is 4.74 Å². The van der Waals surface area contributed by atoms with E-state index in [1.54, 1.807) is 20.2 Å². The lowest BCUT2D eigenvalue weighted by molar-refractivity contribution is 0.0520. The molecule has 102 valence electrons. The number of ether oxygens (including phenoxy) is 2. The Morgan fingerprint density at radius 3 is 2.90 bits per heavy atom. The molecule has 0 atom stereocenters. The van der Waals surface area contributed by atoms with E-state index >= 15 is 0 Å². The van der Waals surface area contributed by atoms with Crippen molar-refractivity contribution in [1.82, 2.24) is 9.38 Å². The highest BCUT2D eigenvalue weighted by atomic mass is 16.5. The molecule has 0 bridgehead atoms. The van der Waals surface area contributed by atoms with Crippen molar-refractivity contribution >= 4 is 22.5 Å². The van der Waals surface area contributed by atoms with Gasteiger partial charge in [-0.3, -0.25) is 4.40 Å². The van der Waals surface area contributed by atoms with Crippen LogP contribution in [-0.4, -0.2) is 29.1 Å². The largest absolute Gasteiger partial charge is 0.497 e. The molecule has 0 aliphatic carbocycles. The second-order valence-electron chi connectivity index (χ2n) is 4.33. The number of rotatable bonds is 3. The maximum Gasteiger partial charge on any atom is 0.358 e. The minimum absolute atomic E-state index is 0.315. The Morgan fingerprint density at radius 1 is 1.30 bits per heavy atom. The summed E-state index contributed by atoms with van der Waals surface area (Å²) in [6.45, 7) is 2.11. The van der Waals surface area contributed by atoms with Crippen LogP contribution in [0, 0.1) is 0 Å². The Morgan fingerprint density at radius 2 is 2.15 bits per heavy atom. The van der Waals surface area contributed by atoms with Gasteiger partial charge in [-0.15, -0.1) is 0 Å². The number of benzene rings is 1. The molecule has 0 saturated carbocycles. The second kappa shape index (κ2) is 4.85. The summed E-state index contributed by atoms with van der Waals surface area (Å²) in [5.41, 5.74) is 1.99. The Balaban J connectivity index is 2.18. The number of aromatic nitrogens is 2. The fraction of sp³-hybridized carbons (Fsp3) is 0.200. The number of imidazole rings is 1. The van der Waals surface area contributed by atoms with Crippen LogP contribution in [0.3, 0.4) is 0 Å². The molecule has 5 heteroatoms. The third kappa shape index (κ3) is 1.97. The molecular formula is C15H14N2O3. The third-order valence-corrected chi connectivity index (χ3v) is 3.12. The van der Waals surface area contributed by atoms with E-state index in [0.29, 0.717) is 17.9 Å². The molecule has 0 unspecified atom stereocenters. The van der Waals surface area contributed by atoms with Crippen molar-refractivity contribution in [1.29, 1.82) is 0 Å². The monoisotopic (exact) mass is 270 g/mol. The minimum Gasteiger partial charge on any atom is -0.497 e. The first kappa shape index (κ1) is 12.5. The number of nitrogens with zero attached hydrogens (tertiary/aromatic N) is 2. The summed E-state index contributed by atoms with van der Waals surface area (Å²) in [7, 11) is 1.63. The van der Waals surface area contributed by atoms with Crippen molar-refractivity contribution in [3.05, 3.63) is 42.2 Å². The zero-order valence-corrected chi connectivity index (χ0v) is 11.3. The topological polar surface area (TPSA) is 52.8 Å². The SMILES string of the molecule is CCOC(=O)c1cn2c(ccc3cc(OC)ccc32)n1. The normalized spacial score (nSPS) is 10.9. The van der Waals surface area contributed by atoms with Crippen molar-refractivity contribution in [3.63, 3.8) is 0 Å². The Labute approximate surface area is 115 Å². The molecule has 0 N–H and O–H groups in total. The van der Waals surface area contributed by atoms with E-state index in [1.807, 2.05) is 34.7 Å². The molecule has 3 aromatic rings. The van der Waals surface area contributed by atoms with Crippen molar-refractivity contribution in [2.45, 2.75) is 6.92 Å². The van der Waals surface area contributed by atoms with Crippen LogP contribution in [0.15, 0.2) is 36.5 Å². The van der Waals surface area contributed by atoms with Crippen LogP contribution in [0.1, 0.15) is 17.4 Å². The Bertz CT molecular complexity index is 792. The van der Waals surface area contributed by atoms with Gasteiger partial charge in [0, 0.05) is 11.6 Å². The molecule has 20 heavy (non-hydrogen) atoms. The zero-order chi connectivity index (χ0) is 14.1. The van der Waals surface area contributed by atoms with Crippen LogP contribution in [-0.2, 0) is 4.74 Å². The molecular weight excluding hydrogens is 256 g/mol. The standard InChI is InChI=1S/C15H14N2O3/c1-3-20-15(18)12-9-17-13-6-5-11(19-2)8-10(13)4-7-14(17)16-12/h4-9H,3H2,1-2H3. The van der Waals surface area contributed by atoms with Gasteiger partial charge in [-0.1, -0.05) is 0 Å². The molecule has 0 spiro atoms. The lowest BCUT2D eigenvalue weighted by atomic mass is 10.2. The summed E-state index contributed by atoms with van der Waals surface area (Å²) in [6, 6.07) is 9.59. The van der Waals surface area contributed by atoms with Gasteiger partial charge in [0.2, 0.25) is 0 Å². The highest BCUT2D eigenvalue weighted by Crippen LogP contribution is 2.22. The van der Waals surface area contributed by atoms with E-state index in [4.69, 9.17) is 9.47 Å². The molecule has 0 aliphatic heterocycles. The summed E-state index contributed by atoms with van der Waals surface area (Å²) in [4.78, 5) is 16.0. The van der Waals surface area contributed by atoms with Crippen molar-refractivity contribution in [3.8, 4) is 5.75 Å². The lowest BCUT2D eigenvalue weighted by Gasteiger charge is -2.04. The van der Waals surface area contributed by atoms with E-state index in [0.717, 1.165) is 16.7 Å². The Kier molecular flexibility index (Phi) is 3.02. The fourth-order valence-corrected chi connectivity index (χ4v) is 2.19. The molecule has 0 amide bonds. The van der Waals surface area contributed by atoms with E-state index in [-0.39, 0.29) is 0 Å². The zero-order valence-electron chi connectivity index (χ0n) is 11.3. The number of fused-ring (bicyclic) bond motifs is 3. The van der Waals surface area contributed by atoms with Gasteiger partial charge in [-0.05, 0) is 37.3 Å². The summed E-state index contributed by atoms with van der Waals surface area (Å²) < 4.78 is 12.1. The lowest BCUT2D eigenvalue weighted by Crippen LogP contribution is -2.04. The quantitative estimate of drug-likeness (QED) is 0.687. The second-order valence-corrected chi connectivity index (χ2v) is 4.33. The number of hydrogen-bond acceptors (Lipinski definition) is 4. The number of hydrogen-bond donors (Lipinski definition) is 0. The maximum atomic E-state index is 11.7. The van der Waals surface area contributed by atoms with Crippen molar-refractivity contribution < 1.29 is 14.3 Å². The van der Waals surface area contributed by atoms with Crippen LogP contribution >= 0.6 is 0 Å². The molecule has 5 nitrogen and oxygen atoms in total. The van der Waals surface area contributed by atoms with Gasteiger partial charge in [0.25, 0.3) is 0 Å². The highest BCUT2D eigenvalue weighted by molar-refractivity contribution is 5.90. The number of methoxy groups -OCH3 is 1. The van der Waals surface area contributed by atoms with Crippen LogP contribution in [0.5, 0.6) is 5.75 Å². The fourth-order valence-electron chi connectivity index (χ4n) is 2.19. The number of carbonyl (C=O) groups excluding carboxylic acids is 1. The summed E-state index contributed by atoms with van der Waals surface area (Å²) in [5, 5.41) is 1.02. The molecule has 0 radical (unpaired) electrons. The van der Waals surface area contributed by atoms with Crippen LogP contribution in [0.4, 0.5) is 0 Å². The first-order valence-electron chi connectivity index (χ1n) is 6.36. The number of carbonyl (C=O) groups is 1. The van der Waals surface area contributed by atoms with Crippen molar-refractivity contribution in [2.75, 3.05) is 13.7 Å². The number of pyridine rings is 1. The molecule has 0 saturated heterocycles. The van der Waals surface area contributed by atoms with Gasteiger partial charge < -0.3 is 9.47 Å². The smallest absolute Gasteiger partial charge is 0.358 e. The van der Waals surface area contributed by atoms with E-state index < -0.39 is 5.97 Å². The molecule has 0 fully saturated rings. The molecule has 2 aromatic heterocycles. The van der Waals surface area contributed by atoms with Gasteiger partial charge >= 0.3 is 5.97 Å². The molecule has 0 aliphatic rings. The van der Waals surface area contributed by atoms with Gasteiger partial charge in [-0.2, -0.15) is 0 Å². The summed E-state index contributed by atoms with van der Waals surface area (Å²) in [5.74, 6) is 0.389. The van der Waals surface area contributed by atoms with E-state index in [2.05, 4.69) is 4.98 Å². The summed E-state index contributed by atoms with van der Waals surface area (Å²) in [6.07, 6.45) is 1.70. The molecule has 2 heterocycles. The van der Waals surface area contributed by atoms with Gasteiger partial charge in [0.15, 0.2) is 5.69 Å². The first-order chi connectivity index (χ1) is 9.72. The number of esters is 1. The molecule has 3 rings (SSSR count). The van der Waals surface area contributed by atoms with Gasteiger partial charge in [0.1, 0.15) is 11.4 Å². The Hall–Kier alpha value is -2.56. The van der Waals surface area contributed by atoms with Gasteiger partial charge in [0.05, 0.1) is 19.2 Å². The van der Waals surface area contributed by atoms with E-state index in [9.17, 15) is 4.79 Å². The predicted molar refractivity (Wildman–Crippen MR) is 75.2 cm³/mol. The van der Waals surface area contributed by atoms with E-state index in [1.165, 1.54) is 0 Å². The molecule has 1 aromatic carbocycles. The van der Waals surface area contributed by atoms with Gasteiger partial charge in [-0.25, -0.2) is 9.78 Å². The minimum atomic E-state index is -0.405. The highest BCUT2D eigenvalue weighted by Gasteiger charge is 2.12. The first-order valence-corrected chi connectivity index (χ1v) is 6.36.